The predicted molar refractivity (Wildman–Crippen MR) is 327 cm³/mol. The van der Waals surface area contributed by atoms with Gasteiger partial charge in [0.1, 0.15) is 13.2 Å². The van der Waals surface area contributed by atoms with Crippen LogP contribution in [0.25, 0.3) is 0 Å². The van der Waals surface area contributed by atoms with E-state index in [0.717, 1.165) is 83.5 Å². The maximum Gasteiger partial charge on any atom is 0.472 e. The average Bonchev–Trinajstić information content (AvgIpc) is 3.37. The van der Waals surface area contributed by atoms with Crippen LogP contribution in [0.1, 0.15) is 277 Å². The van der Waals surface area contributed by atoms with Gasteiger partial charge in [-0.05, 0) is 70.6 Å². The van der Waals surface area contributed by atoms with E-state index in [4.69, 9.17) is 9.05 Å². The topological polar surface area (TPSA) is 105 Å². The number of phosphoric ester groups is 1. The van der Waals surface area contributed by atoms with Crippen molar-refractivity contribution < 1.29 is 32.9 Å². The summed E-state index contributed by atoms with van der Waals surface area (Å²) in [4.78, 5) is 23.4. The Balaban J connectivity index is 4.20. The minimum Gasteiger partial charge on any atom is -0.387 e. The zero-order valence-electron chi connectivity index (χ0n) is 49.8. The number of nitrogens with one attached hydrogen (secondary N) is 1. The van der Waals surface area contributed by atoms with Crippen LogP contribution in [0.4, 0.5) is 0 Å². The van der Waals surface area contributed by atoms with Gasteiger partial charge in [0, 0.05) is 6.42 Å². The van der Waals surface area contributed by atoms with Crippen LogP contribution in [0.15, 0.2) is 85.1 Å². The second-order valence-corrected chi connectivity index (χ2v) is 23.9. The minimum atomic E-state index is -4.36. The maximum absolute atomic E-state index is 13.0. The number of carbonyl (C=O) groups excluding carboxylic acids is 1. The molecule has 0 spiro atoms. The fourth-order valence-electron chi connectivity index (χ4n) is 8.99. The van der Waals surface area contributed by atoms with Crippen LogP contribution in [0.2, 0.25) is 0 Å². The van der Waals surface area contributed by atoms with Gasteiger partial charge in [-0.25, -0.2) is 4.57 Å². The number of aliphatic hydroxyl groups is 1. The first-order chi connectivity index (χ1) is 36.5. The van der Waals surface area contributed by atoms with Gasteiger partial charge in [0.15, 0.2) is 0 Å². The predicted octanol–water partition coefficient (Wildman–Crippen LogP) is 19.6. The summed E-state index contributed by atoms with van der Waals surface area (Å²) < 4.78 is 23.8. The number of hydrogen-bond donors (Lipinski definition) is 3. The van der Waals surface area contributed by atoms with Gasteiger partial charge in [-0.2, -0.15) is 0 Å². The van der Waals surface area contributed by atoms with Crippen LogP contribution in [-0.4, -0.2) is 73.4 Å². The minimum absolute atomic E-state index is 0.0562. The van der Waals surface area contributed by atoms with E-state index in [2.05, 4.69) is 92.1 Å². The zero-order valence-corrected chi connectivity index (χ0v) is 50.7. The molecule has 0 aliphatic carbocycles. The summed E-state index contributed by atoms with van der Waals surface area (Å²) in [5.74, 6) is -0.186. The summed E-state index contributed by atoms with van der Waals surface area (Å²) in [6, 6.07) is -0.858. The van der Waals surface area contributed by atoms with Gasteiger partial charge in [-0.3, -0.25) is 13.8 Å². The van der Waals surface area contributed by atoms with E-state index in [0.29, 0.717) is 17.4 Å². The molecule has 0 aromatic rings. The van der Waals surface area contributed by atoms with Crippen molar-refractivity contribution in [3.63, 3.8) is 0 Å². The van der Waals surface area contributed by atoms with Crippen molar-refractivity contribution in [3.8, 4) is 0 Å². The number of hydrogen-bond acceptors (Lipinski definition) is 5. The molecule has 0 aromatic carbocycles. The molecule has 3 unspecified atom stereocenters. The SMILES string of the molecule is CC/C=C\C/C=C\C/C=C\C/C=C\C/C=C\C/C=C\CCCCCCCCCCC(=O)NC(COP(=O)(O)OCC[N+](C)(C)C)C(O)/C=C/CCCCCCCCCCCCCCCCCCCCCCCCCC. The van der Waals surface area contributed by atoms with Gasteiger partial charge >= 0.3 is 7.82 Å². The van der Waals surface area contributed by atoms with Crippen LogP contribution < -0.4 is 5.32 Å². The Morgan fingerprint density at radius 3 is 1.17 bits per heavy atom. The van der Waals surface area contributed by atoms with Crippen LogP contribution >= 0.6 is 7.82 Å². The second kappa shape index (κ2) is 56.4. The molecule has 0 fully saturated rings. The third-order valence-electron chi connectivity index (χ3n) is 13.9. The first-order valence-corrected chi connectivity index (χ1v) is 33.0. The lowest BCUT2D eigenvalue weighted by Gasteiger charge is -2.25. The quantitative estimate of drug-likeness (QED) is 0.0243. The van der Waals surface area contributed by atoms with Gasteiger partial charge in [-0.15, -0.1) is 0 Å². The van der Waals surface area contributed by atoms with Crippen LogP contribution in [-0.2, 0) is 18.4 Å². The summed E-state index contributed by atoms with van der Waals surface area (Å²) in [5, 5.41) is 14.0. The highest BCUT2D eigenvalue weighted by atomic mass is 31.2. The highest BCUT2D eigenvalue weighted by molar-refractivity contribution is 7.47. The Morgan fingerprint density at radius 1 is 0.467 bits per heavy atom. The third kappa shape index (κ3) is 59.2. The van der Waals surface area contributed by atoms with Gasteiger partial charge in [0.25, 0.3) is 0 Å². The lowest BCUT2D eigenvalue weighted by atomic mass is 10.0. The molecule has 75 heavy (non-hydrogen) atoms. The first kappa shape index (κ1) is 72.7. The van der Waals surface area contributed by atoms with Gasteiger partial charge in [0.2, 0.25) is 5.91 Å². The highest BCUT2D eigenvalue weighted by Crippen LogP contribution is 2.43. The van der Waals surface area contributed by atoms with Gasteiger partial charge in [0.05, 0.1) is 39.9 Å². The van der Waals surface area contributed by atoms with Crippen molar-refractivity contribution >= 4 is 13.7 Å². The normalized spacial score (nSPS) is 14.4. The number of quaternary nitrogens is 1. The molecule has 1 amide bonds. The number of unbranched alkanes of at least 4 members (excludes halogenated alkanes) is 32. The Morgan fingerprint density at radius 2 is 0.800 bits per heavy atom. The lowest BCUT2D eigenvalue weighted by Crippen LogP contribution is -2.45. The molecular formula is C66H122N2O6P+. The summed E-state index contributed by atoms with van der Waals surface area (Å²) in [5.41, 5.74) is 0. The Kier molecular flexibility index (Phi) is 54.7. The van der Waals surface area contributed by atoms with E-state index < -0.39 is 20.0 Å². The van der Waals surface area contributed by atoms with E-state index in [-0.39, 0.29) is 19.1 Å². The maximum atomic E-state index is 13.0. The van der Waals surface area contributed by atoms with Gasteiger partial charge < -0.3 is 19.8 Å². The summed E-state index contributed by atoms with van der Waals surface area (Å²) in [7, 11) is 1.56. The molecule has 3 atom stereocenters. The Labute approximate surface area is 465 Å². The fraction of sp³-hybridized carbons (Fsp3) is 0.773. The van der Waals surface area contributed by atoms with E-state index in [1.54, 1.807) is 6.08 Å². The number of nitrogens with zero attached hydrogens (tertiary/aromatic N) is 1. The molecule has 3 N–H and O–H groups in total. The standard InChI is InChI=1S/C66H121N2O6P/c1-6-8-10-12-14-16-18-20-22-24-26-28-30-32-34-36-38-40-42-44-46-48-50-52-54-56-58-60-66(70)67-64(63-74-75(71,72)73-62-61-68(3,4)5)65(69)59-57-55-53-51-49-47-45-43-41-39-37-35-33-31-29-27-25-23-21-19-17-15-13-11-9-7-2/h8,10,14,16,20,22,26,28,32,34,38,40,57,59,64-65,69H,6-7,9,11-13,15,17-19,21,23-25,27,29-31,33,35-37,39,41-56,58,60-63H2,1-5H3,(H-,67,70,71,72)/p+1/b10-8-,16-14-,22-20-,28-26-,34-32-,40-38-,59-57+. The Bertz CT molecular complexity index is 1500. The van der Waals surface area contributed by atoms with E-state index in [1.165, 1.54) is 173 Å². The molecule has 0 aliphatic heterocycles. The summed E-state index contributed by atoms with van der Waals surface area (Å²) >= 11 is 0. The molecule has 436 valence electrons. The van der Waals surface area contributed by atoms with Crippen molar-refractivity contribution in [1.82, 2.24) is 5.32 Å². The number of aliphatic hydroxyl groups excluding tert-OH is 1. The number of allylic oxidation sites excluding steroid dienone is 13. The lowest BCUT2D eigenvalue weighted by molar-refractivity contribution is -0.870. The molecule has 0 radical (unpaired) electrons. The van der Waals surface area contributed by atoms with Crippen molar-refractivity contribution in [1.29, 1.82) is 0 Å². The largest absolute Gasteiger partial charge is 0.472 e. The molecule has 9 heteroatoms. The molecule has 0 saturated carbocycles. The van der Waals surface area contributed by atoms with Crippen LogP contribution in [0.5, 0.6) is 0 Å². The smallest absolute Gasteiger partial charge is 0.387 e. The molecule has 0 bridgehead atoms. The fourth-order valence-corrected chi connectivity index (χ4v) is 9.72. The Hall–Kier alpha value is -2.32. The monoisotopic (exact) mass is 1070 g/mol. The number of likely N-dealkylation sites (N-methyl/N-ethyl adjacent to an activating group) is 1. The van der Waals surface area contributed by atoms with Crippen molar-refractivity contribution in [3.05, 3.63) is 85.1 Å². The van der Waals surface area contributed by atoms with Crippen LogP contribution in [0.3, 0.4) is 0 Å². The number of phosphoric acid groups is 1. The molecule has 8 nitrogen and oxygen atoms in total. The number of carbonyl (C=O) groups is 1. The average molecular weight is 1070 g/mol. The molecule has 0 aromatic heterocycles. The molecular weight excluding hydrogens is 948 g/mol. The number of rotatable bonds is 57. The highest BCUT2D eigenvalue weighted by Gasteiger charge is 2.27. The van der Waals surface area contributed by atoms with Crippen molar-refractivity contribution in [2.24, 2.45) is 0 Å². The first-order valence-electron chi connectivity index (χ1n) is 31.5. The molecule has 0 saturated heterocycles. The third-order valence-corrected chi connectivity index (χ3v) is 14.9. The van der Waals surface area contributed by atoms with Gasteiger partial charge in [-0.1, -0.05) is 285 Å². The number of amides is 1. The van der Waals surface area contributed by atoms with E-state index in [1.807, 2.05) is 27.2 Å². The zero-order chi connectivity index (χ0) is 54.9. The molecule has 0 rings (SSSR count). The molecule has 0 aliphatic rings. The van der Waals surface area contributed by atoms with Crippen LogP contribution in [0, 0.1) is 0 Å². The second-order valence-electron chi connectivity index (χ2n) is 22.4. The van der Waals surface area contributed by atoms with Crippen molar-refractivity contribution in [2.45, 2.75) is 289 Å². The van der Waals surface area contributed by atoms with E-state index >= 15 is 0 Å². The summed E-state index contributed by atoms with van der Waals surface area (Å²) in [6.07, 6.45) is 79.8. The molecule has 0 heterocycles. The van der Waals surface area contributed by atoms with Crippen molar-refractivity contribution in [2.75, 3.05) is 40.9 Å². The van der Waals surface area contributed by atoms with E-state index in [9.17, 15) is 19.4 Å². The summed E-state index contributed by atoms with van der Waals surface area (Å²) in [6.45, 7) is 4.72.